The number of nitrogens with one attached hydrogen (secondary N) is 1. The lowest BCUT2D eigenvalue weighted by Gasteiger charge is -2.33. The van der Waals surface area contributed by atoms with Crippen LogP contribution in [0.3, 0.4) is 0 Å². The maximum absolute atomic E-state index is 12.2. The number of amides is 1. The van der Waals surface area contributed by atoms with Crippen molar-refractivity contribution in [3.63, 3.8) is 0 Å². The summed E-state index contributed by atoms with van der Waals surface area (Å²) in [6.07, 6.45) is 4.63. The van der Waals surface area contributed by atoms with E-state index in [0.29, 0.717) is 12.6 Å². The van der Waals surface area contributed by atoms with E-state index in [1.54, 1.807) is 0 Å². The molecule has 0 radical (unpaired) electrons. The van der Waals surface area contributed by atoms with Crippen molar-refractivity contribution >= 4 is 5.91 Å². The molecule has 0 bridgehead atoms. The third-order valence-electron chi connectivity index (χ3n) is 3.42. The van der Waals surface area contributed by atoms with Crippen molar-refractivity contribution in [2.24, 2.45) is 0 Å². The maximum Gasteiger partial charge on any atom is 0.237 e. The second-order valence-electron chi connectivity index (χ2n) is 6.18. The molecule has 1 amide bonds. The molecule has 1 aliphatic carbocycles. The molecule has 102 valence electrons. The van der Waals surface area contributed by atoms with Gasteiger partial charge in [-0.05, 0) is 40.5 Å². The van der Waals surface area contributed by atoms with Gasteiger partial charge in [0, 0.05) is 11.6 Å². The molecular formula is C14H25N3O. The number of hydrogen-bond acceptors (Lipinski definition) is 3. The van der Waals surface area contributed by atoms with Crippen molar-refractivity contribution in [3.8, 4) is 6.07 Å². The summed E-state index contributed by atoms with van der Waals surface area (Å²) in [5.41, 5.74) is -0.223. The second-order valence-corrected chi connectivity index (χ2v) is 6.18. The van der Waals surface area contributed by atoms with E-state index >= 15 is 0 Å². The second kappa shape index (κ2) is 6.19. The number of rotatable bonds is 4. The highest BCUT2D eigenvalue weighted by molar-refractivity contribution is 5.82. The minimum atomic E-state index is -0.230. The highest BCUT2D eigenvalue weighted by Crippen LogP contribution is 2.25. The Hall–Kier alpha value is -1.08. The first-order valence-corrected chi connectivity index (χ1v) is 6.80. The van der Waals surface area contributed by atoms with Gasteiger partial charge in [-0.25, -0.2) is 0 Å². The van der Waals surface area contributed by atoms with Gasteiger partial charge in [0.2, 0.25) is 5.91 Å². The molecule has 1 aliphatic rings. The summed E-state index contributed by atoms with van der Waals surface area (Å²) < 4.78 is 0. The van der Waals surface area contributed by atoms with Gasteiger partial charge in [-0.3, -0.25) is 9.69 Å². The van der Waals surface area contributed by atoms with Gasteiger partial charge in [0.25, 0.3) is 0 Å². The van der Waals surface area contributed by atoms with Gasteiger partial charge >= 0.3 is 0 Å². The van der Waals surface area contributed by atoms with Crippen LogP contribution in [-0.2, 0) is 4.79 Å². The summed E-state index contributed by atoms with van der Waals surface area (Å²) in [4.78, 5) is 14.2. The normalized spacial score (nSPS) is 18.7. The number of nitriles is 1. The Morgan fingerprint density at radius 1 is 1.44 bits per heavy atom. The van der Waals surface area contributed by atoms with E-state index in [1.165, 1.54) is 12.8 Å². The Balaban J connectivity index is 2.67. The molecule has 1 rings (SSSR count). The standard InChI is InChI=1S/C14H25N3O/c1-11(13(18)16-14(2,3)4)17(10-9-15)12-7-5-6-8-12/h11-12H,5-8,10H2,1-4H3,(H,16,18). The minimum absolute atomic E-state index is 0.0182. The van der Waals surface area contributed by atoms with Crippen LogP contribution < -0.4 is 5.32 Å². The van der Waals surface area contributed by atoms with Crippen LogP contribution in [0.1, 0.15) is 53.4 Å². The van der Waals surface area contributed by atoms with E-state index in [2.05, 4.69) is 11.4 Å². The van der Waals surface area contributed by atoms with Gasteiger partial charge in [0.05, 0.1) is 18.7 Å². The SMILES string of the molecule is CC(C(=O)NC(C)(C)C)N(CC#N)C1CCCC1. The Morgan fingerprint density at radius 3 is 2.44 bits per heavy atom. The molecule has 0 heterocycles. The number of carbonyl (C=O) groups is 1. The van der Waals surface area contributed by atoms with Crippen molar-refractivity contribution in [2.45, 2.75) is 71.0 Å². The molecule has 4 nitrogen and oxygen atoms in total. The van der Waals surface area contributed by atoms with E-state index < -0.39 is 0 Å². The summed E-state index contributed by atoms with van der Waals surface area (Å²) >= 11 is 0. The molecule has 1 N–H and O–H groups in total. The third-order valence-corrected chi connectivity index (χ3v) is 3.42. The summed E-state index contributed by atoms with van der Waals surface area (Å²) in [6, 6.07) is 2.35. The molecule has 0 aromatic carbocycles. The van der Waals surface area contributed by atoms with E-state index in [-0.39, 0.29) is 17.5 Å². The van der Waals surface area contributed by atoms with Gasteiger partial charge in [-0.2, -0.15) is 5.26 Å². The van der Waals surface area contributed by atoms with E-state index in [1.807, 2.05) is 32.6 Å². The fourth-order valence-electron chi connectivity index (χ4n) is 2.52. The molecule has 1 fully saturated rings. The van der Waals surface area contributed by atoms with Crippen LogP contribution >= 0.6 is 0 Å². The van der Waals surface area contributed by atoms with Crippen LogP contribution in [0.4, 0.5) is 0 Å². The monoisotopic (exact) mass is 251 g/mol. The highest BCUT2D eigenvalue weighted by Gasteiger charge is 2.31. The number of carbonyl (C=O) groups excluding carboxylic acids is 1. The largest absolute Gasteiger partial charge is 0.350 e. The first kappa shape index (κ1) is 15.0. The smallest absolute Gasteiger partial charge is 0.237 e. The fourth-order valence-corrected chi connectivity index (χ4v) is 2.52. The van der Waals surface area contributed by atoms with Crippen LogP contribution in [0.15, 0.2) is 0 Å². The molecule has 0 aromatic rings. The van der Waals surface area contributed by atoms with Gasteiger partial charge in [-0.15, -0.1) is 0 Å². The maximum atomic E-state index is 12.2. The quantitative estimate of drug-likeness (QED) is 0.778. The topological polar surface area (TPSA) is 56.1 Å². The summed E-state index contributed by atoms with van der Waals surface area (Å²) in [6.45, 7) is 8.16. The average Bonchev–Trinajstić information content (AvgIpc) is 2.75. The predicted octanol–water partition coefficient (Wildman–Crippen LogP) is 2.06. The number of hydrogen-bond donors (Lipinski definition) is 1. The van der Waals surface area contributed by atoms with Crippen LogP contribution in [0, 0.1) is 11.3 Å². The van der Waals surface area contributed by atoms with Gasteiger partial charge in [-0.1, -0.05) is 12.8 Å². The molecule has 0 saturated heterocycles. The van der Waals surface area contributed by atoms with Crippen molar-refractivity contribution in [3.05, 3.63) is 0 Å². The lowest BCUT2D eigenvalue weighted by atomic mass is 10.1. The van der Waals surface area contributed by atoms with E-state index in [4.69, 9.17) is 5.26 Å². The Bertz CT molecular complexity index is 321. The van der Waals surface area contributed by atoms with Crippen molar-refractivity contribution in [2.75, 3.05) is 6.54 Å². The van der Waals surface area contributed by atoms with Gasteiger partial charge in [0.15, 0.2) is 0 Å². The fraction of sp³-hybridized carbons (Fsp3) is 0.857. The van der Waals surface area contributed by atoms with Gasteiger partial charge in [0.1, 0.15) is 0 Å². The van der Waals surface area contributed by atoms with Crippen LogP contribution in [0.25, 0.3) is 0 Å². The predicted molar refractivity (Wildman–Crippen MR) is 71.9 cm³/mol. The van der Waals surface area contributed by atoms with Crippen LogP contribution in [-0.4, -0.2) is 35.0 Å². The first-order chi connectivity index (χ1) is 8.35. The van der Waals surface area contributed by atoms with E-state index in [0.717, 1.165) is 12.8 Å². The van der Waals surface area contributed by atoms with Gasteiger partial charge < -0.3 is 5.32 Å². The lowest BCUT2D eigenvalue weighted by molar-refractivity contribution is -0.128. The Labute approximate surface area is 110 Å². The van der Waals surface area contributed by atoms with Crippen molar-refractivity contribution in [1.82, 2.24) is 10.2 Å². The summed E-state index contributed by atoms with van der Waals surface area (Å²) in [5, 5.41) is 11.9. The van der Waals surface area contributed by atoms with Crippen molar-refractivity contribution in [1.29, 1.82) is 5.26 Å². The number of nitrogens with zero attached hydrogens (tertiary/aromatic N) is 2. The highest BCUT2D eigenvalue weighted by atomic mass is 16.2. The molecule has 1 atom stereocenters. The molecule has 0 aliphatic heterocycles. The first-order valence-electron chi connectivity index (χ1n) is 6.80. The molecule has 0 aromatic heterocycles. The molecular weight excluding hydrogens is 226 g/mol. The Kier molecular flexibility index (Phi) is 5.15. The molecule has 1 saturated carbocycles. The average molecular weight is 251 g/mol. The van der Waals surface area contributed by atoms with E-state index in [9.17, 15) is 4.79 Å². The lowest BCUT2D eigenvalue weighted by Crippen LogP contribution is -2.53. The summed E-state index contributed by atoms with van der Waals surface area (Å²) in [7, 11) is 0. The Morgan fingerprint density at radius 2 is 2.00 bits per heavy atom. The third kappa shape index (κ3) is 4.30. The zero-order chi connectivity index (χ0) is 13.8. The molecule has 1 unspecified atom stereocenters. The van der Waals surface area contributed by atoms with Crippen LogP contribution in [0.2, 0.25) is 0 Å². The van der Waals surface area contributed by atoms with Crippen LogP contribution in [0.5, 0.6) is 0 Å². The zero-order valence-electron chi connectivity index (χ0n) is 12.0. The summed E-state index contributed by atoms with van der Waals surface area (Å²) in [5.74, 6) is 0.0182. The minimum Gasteiger partial charge on any atom is -0.350 e. The molecule has 18 heavy (non-hydrogen) atoms. The molecule has 0 spiro atoms. The zero-order valence-corrected chi connectivity index (χ0v) is 12.0. The van der Waals surface area contributed by atoms with Crippen molar-refractivity contribution < 1.29 is 4.79 Å². The molecule has 4 heteroatoms.